The van der Waals surface area contributed by atoms with Crippen molar-refractivity contribution in [2.75, 3.05) is 23.3 Å². The first-order valence-corrected chi connectivity index (χ1v) is 5.73. The van der Waals surface area contributed by atoms with Crippen LogP contribution < -0.4 is 10.2 Å². The first-order chi connectivity index (χ1) is 8.16. The SMILES string of the molecule is CC(Nc1cc(N2CCCC2)ncn1)C(=O)O. The third-order valence-electron chi connectivity index (χ3n) is 2.82. The molecule has 92 valence electrons. The maximum absolute atomic E-state index is 10.7. The van der Waals surface area contributed by atoms with Crippen molar-refractivity contribution in [1.82, 2.24) is 9.97 Å². The number of rotatable bonds is 4. The Kier molecular flexibility index (Phi) is 3.41. The lowest BCUT2D eigenvalue weighted by molar-refractivity contribution is -0.137. The summed E-state index contributed by atoms with van der Waals surface area (Å²) in [5.74, 6) is 0.515. The van der Waals surface area contributed by atoms with E-state index in [1.807, 2.05) is 0 Å². The molecule has 1 aromatic rings. The molecule has 0 radical (unpaired) electrons. The van der Waals surface area contributed by atoms with Crippen LogP contribution in [0.5, 0.6) is 0 Å². The minimum atomic E-state index is -0.897. The average Bonchev–Trinajstić information content (AvgIpc) is 2.82. The number of hydrogen-bond acceptors (Lipinski definition) is 5. The molecule has 1 unspecified atom stereocenters. The summed E-state index contributed by atoms with van der Waals surface area (Å²) in [6, 6.07) is 1.14. The fourth-order valence-electron chi connectivity index (χ4n) is 1.83. The van der Waals surface area contributed by atoms with Gasteiger partial charge in [0, 0.05) is 19.2 Å². The van der Waals surface area contributed by atoms with E-state index in [1.54, 1.807) is 13.0 Å². The van der Waals surface area contributed by atoms with Crippen molar-refractivity contribution in [3.8, 4) is 0 Å². The van der Waals surface area contributed by atoms with Gasteiger partial charge in [0.05, 0.1) is 0 Å². The zero-order valence-corrected chi connectivity index (χ0v) is 9.76. The standard InChI is InChI=1S/C11H16N4O2/c1-8(11(16)17)14-9-6-10(13-7-12-9)15-4-2-3-5-15/h6-8H,2-5H2,1H3,(H,16,17)(H,12,13,14). The van der Waals surface area contributed by atoms with Crippen molar-refractivity contribution in [1.29, 1.82) is 0 Å². The van der Waals surface area contributed by atoms with Gasteiger partial charge in [-0.3, -0.25) is 4.79 Å². The number of anilines is 2. The van der Waals surface area contributed by atoms with E-state index in [9.17, 15) is 4.79 Å². The van der Waals surface area contributed by atoms with Crippen molar-refractivity contribution in [2.24, 2.45) is 0 Å². The van der Waals surface area contributed by atoms with Crippen LogP contribution in [0.1, 0.15) is 19.8 Å². The second-order valence-corrected chi connectivity index (χ2v) is 4.16. The average molecular weight is 236 g/mol. The van der Waals surface area contributed by atoms with E-state index in [2.05, 4.69) is 20.2 Å². The molecule has 1 fully saturated rings. The highest BCUT2D eigenvalue weighted by molar-refractivity contribution is 5.76. The van der Waals surface area contributed by atoms with E-state index >= 15 is 0 Å². The van der Waals surface area contributed by atoms with Gasteiger partial charge in [0.2, 0.25) is 0 Å². The van der Waals surface area contributed by atoms with Gasteiger partial charge in [-0.05, 0) is 19.8 Å². The van der Waals surface area contributed by atoms with Gasteiger partial charge in [0.1, 0.15) is 24.0 Å². The monoisotopic (exact) mass is 236 g/mol. The minimum Gasteiger partial charge on any atom is -0.480 e. The van der Waals surface area contributed by atoms with E-state index in [-0.39, 0.29) is 0 Å². The third-order valence-corrected chi connectivity index (χ3v) is 2.82. The number of aromatic nitrogens is 2. The van der Waals surface area contributed by atoms with Crippen LogP contribution in [0.15, 0.2) is 12.4 Å². The van der Waals surface area contributed by atoms with Gasteiger partial charge in [-0.1, -0.05) is 0 Å². The van der Waals surface area contributed by atoms with Gasteiger partial charge in [-0.25, -0.2) is 9.97 Å². The Morgan fingerprint density at radius 2 is 2.18 bits per heavy atom. The predicted molar refractivity (Wildman–Crippen MR) is 64.2 cm³/mol. The van der Waals surface area contributed by atoms with Gasteiger partial charge >= 0.3 is 5.97 Å². The van der Waals surface area contributed by atoms with Crippen LogP contribution in [0.4, 0.5) is 11.6 Å². The van der Waals surface area contributed by atoms with Gasteiger partial charge < -0.3 is 15.3 Å². The molecule has 0 amide bonds. The fraction of sp³-hybridized carbons (Fsp3) is 0.545. The Hall–Kier alpha value is -1.85. The van der Waals surface area contributed by atoms with Crippen molar-refractivity contribution >= 4 is 17.6 Å². The number of carbonyl (C=O) groups is 1. The maximum atomic E-state index is 10.7. The maximum Gasteiger partial charge on any atom is 0.325 e. The highest BCUT2D eigenvalue weighted by Gasteiger charge is 2.15. The second-order valence-electron chi connectivity index (χ2n) is 4.16. The molecular weight excluding hydrogens is 220 g/mol. The zero-order chi connectivity index (χ0) is 12.3. The van der Waals surface area contributed by atoms with Crippen LogP contribution in [0, 0.1) is 0 Å². The van der Waals surface area contributed by atoms with Gasteiger partial charge in [-0.2, -0.15) is 0 Å². The molecule has 0 bridgehead atoms. The first-order valence-electron chi connectivity index (χ1n) is 5.73. The number of nitrogens with one attached hydrogen (secondary N) is 1. The molecule has 17 heavy (non-hydrogen) atoms. The molecular formula is C11H16N4O2. The van der Waals surface area contributed by atoms with Gasteiger partial charge in [-0.15, -0.1) is 0 Å². The molecule has 2 N–H and O–H groups in total. The van der Waals surface area contributed by atoms with Crippen LogP contribution in [-0.2, 0) is 4.79 Å². The van der Waals surface area contributed by atoms with Crippen molar-refractivity contribution in [2.45, 2.75) is 25.8 Å². The second kappa shape index (κ2) is 4.99. The molecule has 1 atom stereocenters. The molecule has 0 saturated carbocycles. The molecule has 2 rings (SSSR count). The molecule has 0 aliphatic carbocycles. The molecule has 1 aromatic heterocycles. The Bertz CT molecular complexity index is 404. The zero-order valence-electron chi connectivity index (χ0n) is 9.76. The Morgan fingerprint density at radius 1 is 1.47 bits per heavy atom. The van der Waals surface area contributed by atoms with E-state index in [0.717, 1.165) is 18.9 Å². The van der Waals surface area contributed by atoms with Crippen LogP contribution >= 0.6 is 0 Å². The summed E-state index contributed by atoms with van der Waals surface area (Å²) in [6.45, 7) is 3.59. The molecule has 1 aliphatic rings. The summed E-state index contributed by atoms with van der Waals surface area (Å²) < 4.78 is 0. The first kappa shape index (κ1) is 11.6. The van der Waals surface area contributed by atoms with Crippen LogP contribution in [-0.4, -0.2) is 40.2 Å². The Labute approximate surface area is 99.7 Å². The van der Waals surface area contributed by atoms with E-state index in [4.69, 9.17) is 5.11 Å². The van der Waals surface area contributed by atoms with Crippen molar-refractivity contribution < 1.29 is 9.90 Å². The highest BCUT2D eigenvalue weighted by atomic mass is 16.4. The molecule has 1 saturated heterocycles. The van der Waals surface area contributed by atoms with Crippen molar-refractivity contribution in [3.63, 3.8) is 0 Å². The topological polar surface area (TPSA) is 78.3 Å². The number of hydrogen-bond donors (Lipinski definition) is 2. The van der Waals surface area contributed by atoms with Crippen LogP contribution in [0.3, 0.4) is 0 Å². The highest BCUT2D eigenvalue weighted by Crippen LogP contribution is 2.19. The van der Waals surface area contributed by atoms with Gasteiger partial charge in [0.15, 0.2) is 0 Å². The lowest BCUT2D eigenvalue weighted by Crippen LogP contribution is -2.26. The van der Waals surface area contributed by atoms with E-state index in [0.29, 0.717) is 5.82 Å². The molecule has 0 aromatic carbocycles. The fourth-order valence-corrected chi connectivity index (χ4v) is 1.83. The lowest BCUT2D eigenvalue weighted by atomic mass is 10.3. The van der Waals surface area contributed by atoms with Crippen molar-refractivity contribution in [3.05, 3.63) is 12.4 Å². The summed E-state index contributed by atoms with van der Waals surface area (Å²) in [4.78, 5) is 21.1. The van der Waals surface area contributed by atoms with E-state index < -0.39 is 12.0 Å². The molecule has 0 spiro atoms. The Balaban J connectivity index is 2.08. The minimum absolute atomic E-state index is 0.553. The number of carboxylic acid groups (broad SMARTS) is 1. The largest absolute Gasteiger partial charge is 0.480 e. The third kappa shape index (κ3) is 2.83. The number of aliphatic carboxylic acids is 1. The summed E-state index contributed by atoms with van der Waals surface area (Å²) in [7, 11) is 0. The molecule has 1 aliphatic heterocycles. The summed E-state index contributed by atoms with van der Waals surface area (Å²) >= 11 is 0. The number of nitrogens with zero attached hydrogens (tertiary/aromatic N) is 3. The summed E-state index contributed by atoms with van der Waals surface area (Å²) in [6.07, 6.45) is 3.82. The van der Waals surface area contributed by atoms with Crippen LogP contribution in [0.25, 0.3) is 0 Å². The van der Waals surface area contributed by atoms with Crippen LogP contribution in [0.2, 0.25) is 0 Å². The normalized spacial score (nSPS) is 16.9. The summed E-state index contributed by atoms with van der Waals surface area (Å²) in [5.41, 5.74) is 0. The number of carboxylic acids is 1. The molecule has 6 heteroatoms. The smallest absolute Gasteiger partial charge is 0.325 e. The molecule has 6 nitrogen and oxygen atoms in total. The van der Waals surface area contributed by atoms with E-state index in [1.165, 1.54) is 19.2 Å². The lowest BCUT2D eigenvalue weighted by Gasteiger charge is -2.17. The predicted octanol–water partition coefficient (Wildman–Crippen LogP) is 0.962. The molecule has 2 heterocycles. The quantitative estimate of drug-likeness (QED) is 0.810. The van der Waals surface area contributed by atoms with Gasteiger partial charge in [0.25, 0.3) is 0 Å². The summed E-state index contributed by atoms with van der Waals surface area (Å²) in [5, 5.41) is 11.6. The Morgan fingerprint density at radius 3 is 2.82 bits per heavy atom.